The molecule has 11 heteroatoms. The van der Waals surface area contributed by atoms with Crippen molar-refractivity contribution in [3.8, 4) is 0 Å². The van der Waals surface area contributed by atoms with Gasteiger partial charge >= 0.3 is 0 Å². The van der Waals surface area contributed by atoms with E-state index >= 15 is 0 Å². The fraction of sp³-hybridized carbons (Fsp3) is 0.947. The molecule has 172 valence electrons. The zero-order valence-corrected chi connectivity index (χ0v) is 18.6. The molecule has 2 saturated heterocycles. The number of ether oxygens (including phenoxy) is 4. The molecule has 4 rings (SSSR count). The van der Waals surface area contributed by atoms with Crippen molar-refractivity contribution in [3.63, 3.8) is 0 Å². The van der Waals surface area contributed by atoms with Crippen molar-refractivity contribution < 1.29 is 40.7 Å². The average Bonchev–Trinajstić information content (AvgIpc) is 3.01. The summed E-state index contributed by atoms with van der Waals surface area (Å²) >= 11 is 0. The van der Waals surface area contributed by atoms with Crippen LogP contribution in [0, 0.1) is 0 Å². The standard InChI is InChI=1S/C19H32N2O8S/c1-19(2)27-16-15(26-18(25-3)17(16)28-19)13(29-30(22,23)24)12-21-11-7-10-20-9-6-4-5-8-14(20)21/h13,15-18H,4-12H2,1-3H3/t13?,15-,16?,17?,18+/m1/s1. The van der Waals surface area contributed by atoms with Crippen molar-refractivity contribution in [2.45, 2.75) is 82.4 Å². The summed E-state index contributed by atoms with van der Waals surface area (Å²) in [4.78, 5) is 2.14. The summed E-state index contributed by atoms with van der Waals surface area (Å²) in [6.45, 7) is 6.55. The van der Waals surface area contributed by atoms with Crippen molar-refractivity contribution in [1.82, 2.24) is 4.90 Å². The van der Waals surface area contributed by atoms with E-state index in [-0.39, 0.29) is 6.54 Å². The Bertz CT molecular complexity index is 770. The van der Waals surface area contributed by atoms with Crippen LogP contribution in [0.2, 0.25) is 0 Å². The van der Waals surface area contributed by atoms with Gasteiger partial charge in [0.1, 0.15) is 31.0 Å². The highest BCUT2D eigenvalue weighted by Crippen LogP contribution is 2.40. The first-order valence-electron chi connectivity index (χ1n) is 10.7. The Kier molecular flexibility index (Phi) is 6.42. The van der Waals surface area contributed by atoms with E-state index in [4.69, 9.17) is 23.1 Å². The van der Waals surface area contributed by atoms with Gasteiger partial charge in [-0.2, -0.15) is 0 Å². The zero-order chi connectivity index (χ0) is 21.5. The largest absolute Gasteiger partial charge is 0.726 e. The molecule has 30 heavy (non-hydrogen) atoms. The van der Waals surface area contributed by atoms with Crippen molar-refractivity contribution in [1.29, 1.82) is 0 Å². The van der Waals surface area contributed by atoms with Gasteiger partial charge < -0.3 is 23.5 Å². The molecule has 0 saturated carbocycles. The van der Waals surface area contributed by atoms with Crippen LogP contribution < -0.4 is 0 Å². The smallest absolute Gasteiger partial charge is 0.246 e. The predicted octanol–water partition coefficient (Wildman–Crippen LogP) is 0.414. The highest BCUT2D eigenvalue weighted by atomic mass is 32.3. The van der Waals surface area contributed by atoms with Crippen LogP contribution >= 0.6 is 0 Å². The highest BCUT2D eigenvalue weighted by molar-refractivity contribution is 7.80. The molecule has 10 nitrogen and oxygen atoms in total. The molecule has 0 aromatic carbocycles. The second-order valence-electron chi connectivity index (χ2n) is 8.83. The van der Waals surface area contributed by atoms with Crippen molar-refractivity contribution in [2.24, 2.45) is 0 Å². The molecule has 4 heterocycles. The molecule has 4 aliphatic heterocycles. The Morgan fingerprint density at radius 2 is 1.93 bits per heavy atom. The fourth-order valence-corrected chi connectivity index (χ4v) is 5.54. The van der Waals surface area contributed by atoms with E-state index in [1.54, 1.807) is 13.8 Å². The van der Waals surface area contributed by atoms with E-state index < -0.39 is 46.9 Å². The lowest BCUT2D eigenvalue weighted by molar-refractivity contribution is -0.539. The summed E-state index contributed by atoms with van der Waals surface area (Å²) in [5, 5.41) is 0. The fourth-order valence-electron chi connectivity index (χ4n) is 5.06. The van der Waals surface area contributed by atoms with Crippen molar-refractivity contribution in [2.75, 3.05) is 33.3 Å². The van der Waals surface area contributed by atoms with E-state index in [0.717, 1.165) is 45.3 Å². The Hall–Kier alpha value is -0.820. The number of hydrogen-bond acceptors (Lipinski definition) is 9. The van der Waals surface area contributed by atoms with E-state index in [0.29, 0.717) is 0 Å². The van der Waals surface area contributed by atoms with Gasteiger partial charge in [-0.05, 0) is 33.1 Å². The lowest BCUT2D eigenvalue weighted by Gasteiger charge is -2.33. The van der Waals surface area contributed by atoms with Gasteiger partial charge in [-0.25, -0.2) is 8.42 Å². The zero-order valence-electron chi connectivity index (χ0n) is 17.8. The highest BCUT2D eigenvalue weighted by Gasteiger charge is 2.58. The molecule has 2 fully saturated rings. The van der Waals surface area contributed by atoms with Crippen LogP contribution in [-0.2, 0) is 33.5 Å². The first-order chi connectivity index (χ1) is 14.2. The van der Waals surface area contributed by atoms with Crippen LogP contribution in [0.3, 0.4) is 0 Å². The summed E-state index contributed by atoms with van der Waals surface area (Å²) in [5.41, 5.74) is 0. The number of hydrogen-bond donors (Lipinski definition) is 0. The quantitative estimate of drug-likeness (QED) is 0.324. The molecule has 0 N–H and O–H groups in total. The molecule has 3 unspecified atom stereocenters. The average molecular weight is 449 g/mol. The van der Waals surface area contributed by atoms with Crippen LogP contribution in [0.25, 0.3) is 0 Å². The van der Waals surface area contributed by atoms with E-state index in [1.165, 1.54) is 19.4 Å². The van der Waals surface area contributed by atoms with Gasteiger partial charge in [0.2, 0.25) is 16.2 Å². The van der Waals surface area contributed by atoms with Crippen LogP contribution in [-0.4, -0.2) is 98.1 Å². The maximum atomic E-state index is 11.6. The summed E-state index contributed by atoms with van der Waals surface area (Å²) in [7, 11) is -3.46. The lowest BCUT2D eigenvalue weighted by Crippen LogP contribution is -2.52. The summed E-state index contributed by atoms with van der Waals surface area (Å²) in [6, 6.07) is 0. The number of methoxy groups -OCH3 is 1. The first kappa shape index (κ1) is 22.4. The Labute approximate surface area is 178 Å². The lowest BCUT2D eigenvalue weighted by atomic mass is 10.0. The van der Waals surface area contributed by atoms with Crippen LogP contribution in [0.4, 0.5) is 0 Å². The molecular formula is C19H32N2O8S. The van der Waals surface area contributed by atoms with Gasteiger partial charge in [0.05, 0.1) is 19.6 Å². The number of nitrogens with zero attached hydrogens (tertiary/aromatic N) is 2. The minimum Gasteiger partial charge on any atom is -0.726 e. The second-order valence-corrected chi connectivity index (χ2v) is 9.83. The molecule has 5 atom stereocenters. The monoisotopic (exact) mass is 448 g/mol. The van der Waals surface area contributed by atoms with Crippen LogP contribution in [0.5, 0.6) is 0 Å². The number of amidine groups is 1. The normalized spacial score (nSPS) is 35.1. The maximum Gasteiger partial charge on any atom is 0.246 e. The number of rotatable bonds is 6. The Morgan fingerprint density at radius 1 is 1.20 bits per heavy atom. The van der Waals surface area contributed by atoms with Gasteiger partial charge in [0, 0.05) is 20.0 Å². The molecule has 0 aromatic heterocycles. The Balaban J connectivity index is 1.59. The second kappa shape index (κ2) is 8.61. The maximum absolute atomic E-state index is 11.6. The first-order valence-corrected chi connectivity index (χ1v) is 12.0. The minimum absolute atomic E-state index is 0.224. The molecule has 4 aliphatic rings. The summed E-state index contributed by atoms with van der Waals surface area (Å²) < 4.78 is 65.3. The topological polar surface area (TPSA) is 110 Å². The van der Waals surface area contributed by atoms with Crippen LogP contribution in [0.1, 0.15) is 46.0 Å². The van der Waals surface area contributed by atoms with Gasteiger partial charge in [-0.15, -0.1) is 0 Å². The third-order valence-corrected chi connectivity index (χ3v) is 6.68. The third kappa shape index (κ3) is 4.82. The van der Waals surface area contributed by atoms with Gasteiger partial charge in [-0.1, -0.05) is 0 Å². The molecule has 0 aromatic rings. The van der Waals surface area contributed by atoms with E-state index in [1.807, 2.05) is 0 Å². The number of fused-ring (bicyclic) bond motifs is 1. The van der Waals surface area contributed by atoms with Gasteiger partial charge in [-0.3, -0.25) is 13.7 Å². The van der Waals surface area contributed by atoms with Gasteiger partial charge in [0.25, 0.3) is 0 Å². The minimum atomic E-state index is -4.95. The SMILES string of the molecule is CO[C@H]1O[C@H](C(CN2CCC[N+]3=C2CCCCC3)OS(=O)(=O)[O-])C2OC(C)(C)OC21. The molecule has 0 aliphatic carbocycles. The molecule has 0 spiro atoms. The van der Waals surface area contributed by atoms with Crippen LogP contribution in [0.15, 0.2) is 0 Å². The van der Waals surface area contributed by atoms with E-state index in [2.05, 4.69) is 9.48 Å². The van der Waals surface area contributed by atoms with Gasteiger partial charge in [0.15, 0.2) is 12.1 Å². The molecule has 0 radical (unpaired) electrons. The van der Waals surface area contributed by atoms with Crippen molar-refractivity contribution >= 4 is 16.2 Å². The summed E-state index contributed by atoms with van der Waals surface area (Å²) in [5.74, 6) is 0.324. The van der Waals surface area contributed by atoms with Crippen molar-refractivity contribution in [3.05, 3.63) is 0 Å². The molecule has 0 bridgehead atoms. The molecule has 0 amide bonds. The van der Waals surface area contributed by atoms with E-state index in [9.17, 15) is 13.0 Å². The summed E-state index contributed by atoms with van der Waals surface area (Å²) in [6.07, 6.45) is 1.61. The molecular weight excluding hydrogens is 416 g/mol. The predicted molar refractivity (Wildman–Crippen MR) is 104 cm³/mol. The Morgan fingerprint density at radius 3 is 2.67 bits per heavy atom. The third-order valence-electron chi connectivity index (χ3n) is 6.20.